The van der Waals surface area contributed by atoms with Gasteiger partial charge in [0.1, 0.15) is 22.9 Å². The number of ether oxygens (including phenoxy) is 2. The van der Waals surface area contributed by atoms with Crippen molar-refractivity contribution in [3.63, 3.8) is 0 Å². The van der Waals surface area contributed by atoms with Crippen LogP contribution >= 0.6 is 0 Å². The quantitative estimate of drug-likeness (QED) is 0.633. The van der Waals surface area contributed by atoms with Crippen molar-refractivity contribution in [2.75, 3.05) is 7.11 Å². The van der Waals surface area contributed by atoms with Crippen LogP contribution in [0.25, 0.3) is 0 Å². The minimum absolute atomic E-state index is 0.0770. The van der Waals surface area contributed by atoms with Crippen LogP contribution in [0.1, 0.15) is 15.9 Å². The first-order valence-electron chi connectivity index (χ1n) is 6.05. The molecule has 0 aliphatic carbocycles. The van der Waals surface area contributed by atoms with Crippen molar-refractivity contribution < 1.29 is 31.8 Å². The molecular weight excluding hydrogens is 304 g/mol. The summed E-state index contributed by atoms with van der Waals surface area (Å²) in [5.41, 5.74) is -0.869. The van der Waals surface area contributed by atoms with Crippen LogP contribution in [0.2, 0.25) is 0 Å². The molecule has 0 amide bonds. The fourth-order valence-electron chi connectivity index (χ4n) is 1.90. The number of hydrogen-bond acceptors (Lipinski definition) is 3. The molecule has 0 aromatic heterocycles. The average Bonchev–Trinajstić information content (AvgIpc) is 2.45. The largest absolute Gasteiger partial charge is 0.573 e. The van der Waals surface area contributed by atoms with Gasteiger partial charge in [0.2, 0.25) is 5.78 Å². The third-order valence-electron chi connectivity index (χ3n) is 2.78. The Morgan fingerprint density at radius 3 is 2.27 bits per heavy atom. The maximum absolute atomic E-state index is 13.9. The van der Waals surface area contributed by atoms with E-state index in [4.69, 9.17) is 4.74 Å². The van der Waals surface area contributed by atoms with E-state index in [1.54, 1.807) is 0 Å². The lowest BCUT2D eigenvalue weighted by Gasteiger charge is -2.14. The molecule has 2 rings (SSSR count). The molecule has 0 aliphatic rings. The number of rotatable bonds is 4. The lowest BCUT2D eigenvalue weighted by Crippen LogP contribution is -2.19. The van der Waals surface area contributed by atoms with Crippen molar-refractivity contribution in [3.05, 3.63) is 59.4 Å². The van der Waals surface area contributed by atoms with E-state index in [2.05, 4.69) is 4.74 Å². The smallest absolute Gasteiger partial charge is 0.496 e. The standard InChI is InChI=1S/C15H10F4O3/c1-21-12-8-4-6-10(16)13(12)14(20)9-5-2-3-7-11(9)22-15(17,18)19/h2-8H,1H3. The van der Waals surface area contributed by atoms with Crippen LogP contribution in [0.4, 0.5) is 17.6 Å². The van der Waals surface area contributed by atoms with E-state index in [1.807, 2.05) is 0 Å². The molecule has 0 aliphatic heterocycles. The summed E-state index contributed by atoms with van der Waals surface area (Å²) in [6, 6.07) is 8.40. The first-order chi connectivity index (χ1) is 10.3. The fraction of sp³-hybridized carbons (Fsp3) is 0.133. The lowest BCUT2D eigenvalue weighted by molar-refractivity contribution is -0.274. The third kappa shape index (κ3) is 3.36. The summed E-state index contributed by atoms with van der Waals surface area (Å²) < 4.78 is 59.7. The van der Waals surface area contributed by atoms with Crippen LogP contribution in [-0.2, 0) is 0 Å². The van der Waals surface area contributed by atoms with Gasteiger partial charge >= 0.3 is 6.36 Å². The van der Waals surface area contributed by atoms with Crippen LogP contribution in [0.15, 0.2) is 42.5 Å². The number of halogens is 4. The predicted molar refractivity (Wildman–Crippen MR) is 69.5 cm³/mol. The zero-order chi connectivity index (χ0) is 16.3. The highest BCUT2D eigenvalue weighted by Gasteiger charge is 2.33. The number of para-hydroxylation sites is 1. The van der Waals surface area contributed by atoms with E-state index in [0.29, 0.717) is 0 Å². The molecule has 0 heterocycles. The van der Waals surface area contributed by atoms with E-state index in [9.17, 15) is 22.4 Å². The highest BCUT2D eigenvalue weighted by atomic mass is 19.4. The van der Waals surface area contributed by atoms with Gasteiger partial charge in [-0.1, -0.05) is 18.2 Å². The van der Waals surface area contributed by atoms with Crippen molar-refractivity contribution in [2.24, 2.45) is 0 Å². The highest BCUT2D eigenvalue weighted by Crippen LogP contribution is 2.31. The third-order valence-corrected chi connectivity index (χ3v) is 2.78. The number of alkyl halides is 3. The molecule has 3 nitrogen and oxygen atoms in total. The molecule has 0 saturated carbocycles. The van der Waals surface area contributed by atoms with Crippen molar-refractivity contribution in [3.8, 4) is 11.5 Å². The lowest BCUT2D eigenvalue weighted by atomic mass is 10.0. The minimum atomic E-state index is -4.96. The summed E-state index contributed by atoms with van der Waals surface area (Å²) in [5.74, 6) is -2.64. The van der Waals surface area contributed by atoms with E-state index in [0.717, 1.165) is 18.2 Å². The van der Waals surface area contributed by atoms with Gasteiger partial charge in [0.15, 0.2) is 0 Å². The molecule has 7 heteroatoms. The van der Waals surface area contributed by atoms with Gasteiger partial charge in [-0.05, 0) is 24.3 Å². The Morgan fingerprint density at radius 2 is 1.64 bits per heavy atom. The van der Waals surface area contributed by atoms with Gasteiger partial charge in [0.05, 0.1) is 12.7 Å². The number of benzene rings is 2. The molecule has 0 radical (unpaired) electrons. The topological polar surface area (TPSA) is 35.5 Å². The molecule has 0 N–H and O–H groups in total. The van der Waals surface area contributed by atoms with E-state index in [-0.39, 0.29) is 5.75 Å². The monoisotopic (exact) mass is 314 g/mol. The van der Waals surface area contributed by atoms with E-state index < -0.39 is 34.8 Å². The van der Waals surface area contributed by atoms with Gasteiger partial charge in [-0.2, -0.15) is 0 Å². The van der Waals surface area contributed by atoms with Gasteiger partial charge in [-0.25, -0.2) is 4.39 Å². The summed E-state index contributed by atoms with van der Waals surface area (Å²) >= 11 is 0. The summed E-state index contributed by atoms with van der Waals surface area (Å²) in [7, 11) is 1.23. The Hall–Kier alpha value is -2.57. The summed E-state index contributed by atoms with van der Waals surface area (Å²) in [6.45, 7) is 0. The van der Waals surface area contributed by atoms with Crippen LogP contribution in [0, 0.1) is 5.82 Å². The minimum Gasteiger partial charge on any atom is -0.496 e. The molecule has 0 fully saturated rings. The van der Waals surface area contributed by atoms with Crippen LogP contribution < -0.4 is 9.47 Å². The summed E-state index contributed by atoms with van der Waals surface area (Å²) in [4.78, 5) is 12.4. The Morgan fingerprint density at radius 1 is 1.00 bits per heavy atom. The van der Waals surface area contributed by atoms with E-state index in [1.165, 1.54) is 31.4 Å². The van der Waals surface area contributed by atoms with Gasteiger partial charge in [0, 0.05) is 0 Å². The van der Waals surface area contributed by atoms with Gasteiger partial charge in [-0.3, -0.25) is 4.79 Å². The Labute approximate surface area is 123 Å². The zero-order valence-corrected chi connectivity index (χ0v) is 11.3. The van der Waals surface area contributed by atoms with Crippen molar-refractivity contribution in [2.45, 2.75) is 6.36 Å². The average molecular weight is 314 g/mol. The molecule has 0 unspecified atom stereocenters. The van der Waals surface area contributed by atoms with Gasteiger partial charge in [0.25, 0.3) is 0 Å². The van der Waals surface area contributed by atoms with Crippen molar-refractivity contribution in [1.29, 1.82) is 0 Å². The molecule has 0 atom stereocenters. The predicted octanol–water partition coefficient (Wildman–Crippen LogP) is 3.96. The second-order valence-corrected chi connectivity index (χ2v) is 4.19. The number of carbonyl (C=O) groups is 1. The molecule has 0 bridgehead atoms. The maximum Gasteiger partial charge on any atom is 0.573 e. The zero-order valence-electron chi connectivity index (χ0n) is 11.3. The molecule has 2 aromatic rings. The number of ketones is 1. The highest BCUT2D eigenvalue weighted by molar-refractivity contribution is 6.12. The Kier molecular flexibility index (Phi) is 4.35. The summed E-state index contributed by atoms with van der Waals surface area (Å²) in [5, 5.41) is 0. The number of hydrogen-bond donors (Lipinski definition) is 0. The Bertz CT molecular complexity index is 695. The second-order valence-electron chi connectivity index (χ2n) is 4.19. The SMILES string of the molecule is COc1cccc(F)c1C(=O)c1ccccc1OC(F)(F)F. The molecule has 22 heavy (non-hydrogen) atoms. The van der Waals surface area contributed by atoms with Crippen molar-refractivity contribution in [1.82, 2.24) is 0 Å². The number of carbonyl (C=O) groups excluding carboxylic acids is 1. The van der Waals surface area contributed by atoms with Crippen LogP contribution in [0.5, 0.6) is 11.5 Å². The normalized spacial score (nSPS) is 11.1. The van der Waals surface area contributed by atoms with Gasteiger partial charge in [-0.15, -0.1) is 13.2 Å². The first-order valence-corrected chi connectivity index (χ1v) is 6.05. The second kappa shape index (κ2) is 6.05. The number of methoxy groups -OCH3 is 1. The van der Waals surface area contributed by atoms with Crippen LogP contribution in [0.3, 0.4) is 0 Å². The first kappa shape index (κ1) is 15.8. The molecule has 116 valence electrons. The molecule has 0 spiro atoms. The molecular formula is C15H10F4O3. The molecule has 2 aromatic carbocycles. The summed E-state index contributed by atoms with van der Waals surface area (Å²) in [6.07, 6.45) is -4.96. The Balaban J connectivity index is 2.52. The van der Waals surface area contributed by atoms with E-state index >= 15 is 0 Å². The van der Waals surface area contributed by atoms with Gasteiger partial charge < -0.3 is 9.47 Å². The fourth-order valence-corrected chi connectivity index (χ4v) is 1.90. The maximum atomic E-state index is 13.9. The van der Waals surface area contributed by atoms with Crippen LogP contribution in [-0.4, -0.2) is 19.3 Å². The van der Waals surface area contributed by atoms with Crippen molar-refractivity contribution >= 4 is 5.78 Å². The molecule has 0 saturated heterocycles.